The van der Waals surface area contributed by atoms with Crippen molar-refractivity contribution in [2.75, 3.05) is 13.2 Å². The maximum Gasteiger partial charge on any atom is 0.307 e. The van der Waals surface area contributed by atoms with E-state index in [0.717, 1.165) is 33.4 Å². The second-order valence-corrected chi connectivity index (χ2v) is 19.1. The molecule has 0 saturated carbocycles. The van der Waals surface area contributed by atoms with E-state index < -0.39 is 79.6 Å². The number of Topliss-reactive ketones (excluding diaryl/α,β-unsaturated/α-hetero) is 3. The quantitative estimate of drug-likeness (QED) is 0.0351. The average molecular weight is 987 g/mol. The first-order chi connectivity index (χ1) is 33.1. The molecule has 0 aromatic rings. The monoisotopic (exact) mass is 987 g/mol. The molecular formula is C57H78O14. The highest BCUT2D eigenvalue weighted by molar-refractivity contribution is 6.02. The molecule has 0 aromatic carbocycles. The van der Waals surface area contributed by atoms with Crippen LogP contribution in [0.5, 0.6) is 0 Å². The van der Waals surface area contributed by atoms with Crippen LogP contribution in [0.25, 0.3) is 0 Å². The van der Waals surface area contributed by atoms with Gasteiger partial charge in [0.1, 0.15) is 36.8 Å². The number of rotatable bonds is 24. The molecular weight excluding hydrogens is 909 g/mol. The summed E-state index contributed by atoms with van der Waals surface area (Å²) >= 11 is 0. The molecule has 71 heavy (non-hydrogen) atoms. The summed E-state index contributed by atoms with van der Waals surface area (Å²) in [5, 5.41) is 47.3. The van der Waals surface area contributed by atoms with Gasteiger partial charge >= 0.3 is 17.9 Å². The second-order valence-electron chi connectivity index (χ2n) is 19.1. The largest absolute Gasteiger partial charge is 0.463 e. The smallest absolute Gasteiger partial charge is 0.307 e. The minimum atomic E-state index is -1.88. The summed E-state index contributed by atoms with van der Waals surface area (Å²) in [5.74, 6) is -2.71. The Morgan fingerprint density at radius 2 is 0.958 bits per heavy atom. The fourth-order valence-corrected chi connectivity index (χ4v) is 7.54. The highest BCUT2D eigenvalue weighted by Gasteiger charge is 2.41. The lowest BCUT2D eigenvalue weighted by atomic mass is 9.71. The van der Waals surface area contributed by atoms with Gasteiger partial charge in [0.25, 0.3) is 0 Å². The van der Waals surface area contributed by atoms with E-state index in [-0.39, 0.29) is 48.4 Å². The predicted molar refractivity (Wildman–Crippen MR) is 275 cm³/mol. The number of carbonyl (C=O) groups excluding carboxylic acids is 6. The van der Waals surface area contributed by atoms with E-state index in [4.69, 9.17) is 19.3 Å². The number of aliphatic hydroxyl groups excluding tert-OH is 5. The first-order valence-corrected chi connectivity index (χ1v) is 23.6. The van der Waals surface area contributed by atoms with Crippen molar-refractivity contribution < 1.29 is 68.5 Å². The predicted octanol–water partition coefficient (Wildman–Crippen LogP) is 7.94. The number of carbonyl (C=O) groups is 6. The van der Waals surface area contributed by atoms with Gasteiger partial charge in [-0.15, -0.1) is 0 Å². The molecule has 0 radical (unpaired) electrons. The molecule has 2 rings (SSSR count). The average Bonchev–Trinajstić information content (AvgIpc) is 3.29. The van der Waals surface area contributed by atoms with Gasteiger partial charge in [0.15, 0.2) is 23.8 Å². The molecule has 0 aromatic heterocycles. The lowest BCUT2D eigenvalue weighted by Crippen LogP contribution is -2.47. The number of esters is 3. The van der Waals surface area contributed by atoms with Gasteiger partial charge in [-0.05, 0) is 81.6 Å². The van der Waals surface area contributed by atoms with Crippen molar-refractivity contribution in [3.63, 3.8) is 0 Å². The maximum atomic E-state index is 13.0. The molecule has 0 fully saturated rings. The minimum absolute atomic E-state index is 0.00797. The summed E-state index contributed by atoms with van der Waals surface area (Å²) in [6.45, 7) is 26.6. The van der Waals surface area contributed by atoms with Gasteiger partial charge in [-0.1, -0.05) is 148 Å². The summed E-state index contributed by atoms with van der Waals surface area (Å²) in [5.41, 5.74) is 6.31. The molecule has 2 aliphatic carbocycles. The first-order valence-electron chi connectivity index (χ1n) is 23.6. The van der Waals surface area contributed by atoms with E-state index >= 15 is 0 Å². The van der Waals surface area contributed by atoms with Crippen LogP contribution in [-0.2, 0) is 43.0 Å². The van der Waals surface area contributed by atoms with Crippen molar-refractivity contribution in [3.8, 4) is 0 Å². The van der Waals surface area contributed by atoms with Crippen LogP contribution in [0.2, 0.25) is 0 Å². The molecule has 0 spiro atoms. The van der Waals surface area contributed by atoms with Crippen molar-refractivity contribution >= 4 is 35.3 Å². The minimum Gasteiger partial charge on any atom is -0.463 e. The SMILES string of the molecule is C=C/C=C(C)/C=C/C=C(C)/C=C/C1=C(C)C(=O)C(OC(=O)CCC(=O)OCC(O)C(O)C(O)C(O)CO)CC1(C)C.C=C/C=C(C)/C=C/C=C(C)/C=C/C1=C(C)C(=O)C(OC(=O)CCC(C)=O)CC1(C)C. The molecule has 0 aliphatic heterocycles. The molecule has 14 nitrogen and oxygen atoms in total. The van der Waals surface area contributed by atoms with Crippen LogP contribution in [0, 0.1) is 10.8 Å². The van der Waals surface area contributed by atoms with Crippen molar-refractivity contribution in [2.45, 2.75) is 151 Å². The fraction of sp³-hybridized carbons (Fsp3) is 0.474. The fourth-order valence-electron chi connectivity index (χ4n) is 7.54. The summed E-state index contributed by atoms with van der Waals surface area (Å²) in [6.07, 6.45) is 18.0. The third kappa shape index (κ3) is 22.4. The van der Waals surface area contributed by atoms with Gasteiger partial charge in [0.05, 0.1) is 25.9 Å². The summed E-state index contributed by atoms with van der Waals surface area (Å²) in [7, 11) is 0. The Morgan fingerprint density at radius 3 is 1.34 bits per heavy atom. The van der Waals surface area contributed by atoms with Crippen LogP contribution in [0.3, 0.4) is 0 Å². The van der Waals surface area contributed by atoms with Gasteiger partial charge in [-0.25, -0.2) is 0 Å². The van der Waals surface area contributed by atoms with E-state index in [0.29, 0.717) is 17.6 Å². The zero-order valence-electron chi connectivity index (χ0n) is 43.5. The first kappa shape index (κ1) is 63.1. The van der Waals surface area contributed by atoms with Crippen LogP contribution >= 0.6 is 0 Å². The van der Waals surface area contributed by atoms with E-state index in [9.17, 15) is 49.2 Å². The lowest BCUT2D eigenvalue weighted by Gasteiger charge is -2.36. The van der Waals surface area contributed by atoms with Crippen LogP contribution in [0.15, 0.2) is 143 Å². The van der Waals surface area contributed by atoms with E-state index in [1.165, 1.54) is 6.92 Å². The van der Waals surface area contributed by atoms with Crippen LogP contribution < -0.4 is 0 Å². The highest BCUT2D eigenvalue weighted by Crippen LogP contribution is 2.42. The Bertz CT molecular complexity index is 2250. The Hall–Kier alpha value is -5.90. The van der Waals surface area contributed by atoms with Crippen molar-refractivity contribution in [1.82, 2.24) is 0 Å². The second kappa shape index (κ2) is 30.8. The van der Waals surface area contributed by atoms with Gasteiger partial charge in [0.2, 0.25) is 0 Å². The van der Waals surface area contributed by atoms with Gasteiger partial charge in [-0.3, -0.25) is 24.0 Å². The van der Waals surface area contributed by atoms with Gasteiger partial charge < -0.3 is 44.5 Å². The Labute approximate surface area is 420 Å². The molecule has 2 aliphatic rings. The summed E-state index contributed by atoms with van der Waals surface area (Å²) in [4.78, 5) is 73.2. The van der Waals surface area contributed by atoms with E-state index in [1.54, 1.807) is 26.0 Å². The van der Waals surface area contributed by atoms with E-state index in [1.807, 2.05) is 128 Å². The molecule has 0 amide bonds. The maximum absolute atomic E-state index is 13.0. The van der Waals surface area contributed by atoms with Crippen LogP contribution in [-0.4, -0.2) is 111 Å². The van der Waals surface area contributed by atoms with Crippen molar-refractivity contribution in [2.24, 2.45) is 10.8 Å². The highest BCUT2D eigenvalue weighted by atomic mass is 16.6. The van der Waals surface area contributed by atoms with Gasteiger partial charge in [0, 0.05) is 19.3 Å². The van der Waals surface area contributed by atoms with E-state index in [2.05, 4.69) is 13.2 Å². The molecule has 14 heteroatoms. The normalized spacial score (nSPS) is 20.7. The molecule has 0 saturated heterocycles. The van der Waals surface area contributed by atoms with Gasteiger partial charge in [-0.2, -0.15) is 0 Å². The molecule has 6 unspecified atom stereocenters. The Balaban J connectivity index is 0.000000745. The van der Waals surface area contributed by atoms with Crippen molar-refractivity contribution in [3.05, 3.63) is 143 Å². The number of allylic oxidation sites excluding steroid dienone is 20. The van der Waals surface area contributed by atoms with Crippen LogP contribution in [0.4, 0.5) is 0 Å². The lowest BCUT2D eigenvalue weighted by molar-refractivity contribution is -0.161. The number of ketones is 3. The molecule has 0 heterocycles. The Kier molecular flexibility index (Phi) is 27.3. The molecule has 0 bridgehead atoms. The van der Waals surface area contributed by atoms with Crippen LogP contribution in [0.1, 0.15) is 115 Å². The molecule has 390 valence electrons. The number of hydrogen-bond donors (Lipinski definition) is 5. The summed E-state index contributed by atoms with van der Waals surface area (Å²) in [6, 6.07) is 0. The summed E-state index contributed by atoms with van der Waals surface area (Å²) < 4.78 is 15.6. The zero-order chi connectivity index (χ0) is 54.2. The number of hydrogen-bond acceptors (Lipinski definition) is 14. The number of aliphatic hydroxyl groups is 5. The molecule has 6 atom stereocenters. The number of ether oxygens (including phenoxy) is 3. The third-order valence-corrected chi connectivity index (χ3v) is 11.7. The topological polar surface area (TPSA) is 231 Å². The Morgan fingerprint density at radius 1 is 0.592 bits per heavy atom. The zero-order valence-corrected chi connectivity index (χ0v) is 43.5. The van der Waals surface area contributed by atoms with Crippen molar-refractivity contribution in [1.29, 1.82) is 0 Å². The third-order valence-electron chi connectivity index (χ3n) is 11.7. The molecule has 5 N–H and O–H groups in total. The standard InChI is InChI=1S/C31H44O10.C26H34O4/c1-7-9-19(2)10-8-11-20(3)12-13-22-21(4)28(37)25(16-31(22,5)6)41-27(36)15-14-26(35)40-18-24(34)30(39)29(38)23(33)17-32;1-8-10-18(2)11-9-12-19(3)13-15-22-21(5)25(29)23(17-26(22,6)7)30-24(28)16-14-20(4)27/h7-13,23-25,29-30,32-34,38-39H,1,14-18H2,2-6H3;8-13,15,23H,1,14,16-17H2,2-7H3/b10-8+,13-12+,19-9+,20-11+;11-9+,15-13+,18-10+,19-12+.